The summed E-state index contributed by atoms with van der Waals surface area (Å²) in [6, 6.07) is 13.5. The van der Waals surface area contributed by atoms with Crippen LogP contribution in [0.15, 0.2) is 48.8 Å². The van der Waals surface area contributed by atoms with Gasteiger partial charge >= 0.3 is 0 Å². The lowest BCUT2D eigenvalue weighted by Crippen LogP contribution is -2.17. The highest BCUT2D eigenvalue weighted by molar-refractivity contribution is 5.26. The van der Waals surface area contributed by atoms with Crippen LogP contribution in [0.5, 0.6) is 0 Å². The topological polar surface area (TPSA) is 24.9 Å². The molecule has 0 aliphatic rings. The van der Waals surface area contributed by atoms with Crippen LogP contribution in [0.3, 0.4) is 0 Å². The van der Waals surface area contributed by atoms with Gasteiger partial charge in [0.1, 0.15) is 0 Å². The lowest BCUT2D eigenvalue weighted by Gasteiger charge is -2.17. The molecule has 0 amide bonds. The fourth-order valence-corrected chi connectivity index (χ4v) is 2.37. The van der Waals surface area contributed by atoms with Gasteiger partial charge in [0.15, 0.2) is 0 Å². The van der Waals surface area contributed by atoms with Gasteiger partial charge in [0.25, 0.3) is 0 Å². The number of rotatable bonds is 6. The maximum absolute atomic E-state index is 4.06. The second-order valence-corrected chi connectivity index (χ2v) is 4.83. The molecular weight excluding hydrogens is 232 g/mol. The van der Waals surface area contributed by atoms with Gasteiger partial charge in [0.2, 0.25) is 0 Å². The Morgan fingerprint density at radius 3 is 2.58 bits per heavy atom. The molecule has 2 rings (SSSR count). The van der Waals surface area contributed by atoms with E-state index in [1.54, 1.807) is 0 Å². The molecule has 0 aliphatic carbocycles. The van der Waals surface area contributed by atoms with E-state index in [0.29, 0.717) is 6.04 Å². The number of hydrogen-bond donors (Lipinski definition) is 1. The molecule has 100 valence electrons. The van der Waals surface area contributed by atoms with E-state index in [4.69, 9.17) is 0 Å². The average molecular weight is 254 g/mol. The van der Waals surface area contributed by atoms with Gasteiger partial charge in [-0.2, -0.15) is 0 Å². The third kappa shape index (κ3) is 3.90. The van der Waals surface area contributed by atoms with Crippen molar-refractivity contribution in [2.24, 2.45) is 0 Å². The first-order chi connectivity index (χ1) is 9.33. The summed E-state index contributed by atoms with van der Waals surface area (Å²) in [5, 5.41) is 3.42. The molecule has 1 N–H and O–H groups in total. The molecule has 19 heavy (non-hydrogen) atoms. The van der Waals surface area contributed by atoms with Gasteiger partial charge in [-0.1, -0.05) is 31.2 Å². The molecule has 1 atom stereocenters. The van der Waals surface area contributed by atoms with Gasteiger partial charge < -0.3 is 5.32 Å². The van der Waals surface area contributed by atoms with Crippen LogP contribution < -0.4 is 5.32 Å². The van der Waals surface area contributed by atoms with Crippen molar-refractivity contribution in [1.82, 2.24) is 10.3 Å². The zero-order valence-corrected chi connectivity index (χ0v) is 11.8. The number of nitrogens with zero attached hydrogens (tertiary/aromatic N) is 1. The van der Waals surface area contributed by atoms with Crippen molar-refractivity contribution in [3.63, 3.8) is 0 Å². The summed E-state index contributed by atoms with van der Waals surface area (Å²) in [6.45, 7) is 2.20. The maximum Gasteiger partial charge on any atom is 0.0320 e. The fraction of sp³-hybridized carbons (Fsp3) is 0.353. The predicted octanol–water partition coefficient (Wildman–Crippen LogP) is 3.54. The molecule has 0 spiro atoms. The van der Waals surface area contributed by atoms with Gasteiger partial charge in [-0.15, -0.1) is 0 Å². The number of pyridine rings is 1. The summed E-state index contributed by atoms with van der Waals surface area (Å²) in [5.41, 5.74) is 4.14. The summed E-state index contributed by atoms with van der Waals surface area (Å²) < 4.78 is 0. The van der Waals surface area contributed by atoms with Crippen LogP contribution in [0.2, 0.25) is 0 Å². The zero-order chi connectivity index (χ0) is 13.5. The molecule has 0 radical (unpaired) electrons. The van der Waals surface area contributed by atoms with E-state index in [9.17, 15) is 0 Å². The van der Waals surface area contributed by atoms with E-state index in [2.05, 4.69) is 53.6 Å². The highest BCUT2D eigenvalue weighted by atomic mass is 14.9. The lowest BCUT2D eigenvalue weighted by atomic mass is 9.97. The standard InChI is InChI=1S/C17H22N2/c1-3-14-5-4-6-16(13-14)17(18-2)8-7-15-9-11-19-12-10-15/h4-6,9-13,17-18H,3,7-8H2,1-2H3. The van der Waals surface area contributed by atoms with Crippen LogP contribution in [-0.4, -0.2) is 12.0 Å². The number of aromatic nitrogens is 1. The predicted molar refractivity (Wildman–Crippen MR) is 80.2 cm³/mol. The Morgan fingerprint density at radius 1 is 1.11 bits per heavy atom. The zero-order valence-electron chi connectivity index (χ0n) is 11.8. The Kier molecular flexibility index (Phi) is 5.10. The van der Waals surface area contributed by atoms with E-state index < -0.39 is 0 Å². The summed E-state index contributed by atoms with van der Waals surface area (Å²) in [6.07, 6.45) is 7.00. The van der Waals surface area contributed by atoms with Gasteiger partial charge in [0.05, 0.1) is 0 Å². The average Bonchev–Trinajstić information content (AvgIpc) is 2.49. The number of aryl methyl sites for hydroxylation is 2. The molecule has 1 aromatic carbocycles. The van der Waals surface area contributed by atoms with Crippen molar-refractivity contribution in [2.75, 3.05) is 7.05 Å². The van der Waals surface area contributed by atoms with Crippen molar-refractivity contribution in [3.05, 3.63) is 65.5 Å². The summed E-state index contributed by atoms with van der Waals surface area (Å²) in [4.78, 5) is 4.06. The SMILES string of the molecule is CCc1cccc(C(CCc2ccncc2)NC)c1. The van der Waals surface area contributed by atoms with Gasteiger partial charge in [-0.25, -0.2) is 0 Å². The summed E-state index contributed by atoms with van der Waals surface area (Å²) >= 11 is 0. The molecule has 0 bridgehead atoms. The molecule has 2 aromatic rings. The summed E-state index contributed by atoms with van der Waals surface area (Å²) in [7, 11) is 2.04. The van der Waals surface area contributed by atoms with E-state index in [1.165, 1.54) is 16.7 Å². The number of hydrogen-bond acceptors (Lipinski definition) is 2. The third-order valence-corrected chi connectivity index (χ3v) is 3.58. The van der Waals surface area contributed by atoms with Crippen LogP contribution in [0.4, 0.5) is 0 Å². The first-order valence-electron chi connectivity index (χ1n) is 6.98. The molecule has 1 aromatic heterocycles. The maximum atomic E-state index is 4.06. The van der Waals surface area contributed by atoms with E-state index >= 15 is 0 Å². The van der Waals surface area contributed by atoms with Crippen molar-refractivity contribution in [3.8, 4) is 0 Å². The van der Waals surface area contributed by atoms with Gasteiger partial charge in [-0.3, -0.25) is 4.98 Å². The molecule has 2 nitrogen and oxygen atoms in total. The molecule has 1 unspecified atom stereocenters. The molecular formula is C17H22N2. The first kappa shape index (κ1) is 13.8. The summed E-state index contributed by atoms with van der Waals surface area (Å²) in [5.74, 6) is 0. The largest absolute Gasteiger partial charge is 0.313 e. The van der Waals surface area contributed by atoms with Gasteiger partial charge in [0, 0.05) is 18.4 Å². The molecule has 0 fully saturated rings. The van der Waals surface area contributed by atoms with Crippen LogP contribution in [0, 0.1) is 0 Å². The van der Waals surface area contributed by atoms with E-state index in [0.717, 1.165) is 19.3 Å². The Balaban J connectivity index is 2.03. The Morgan fingerprint density at radius 2 is 1.89 bits per heavy atom. The minimum Gasteiger partial charge on any atom is -0.313 e. The number of nitrogens with one attached hydrogen (secondary N) is 1. The minimum atomic E-state index is 0.416. The Bertz CT molecular complexity index is 494. The van der Waals surface area contributed by atoms with E-state index in [1.807, 2.05) is 19.4 Å². The normalized spacial score (nSPS) is 12.3. The smallest absolute Gasteiger partial charge is 0.0320 e. The Labute approximate surface area is 115 Å². The monoisotopic (exact) mass is 254 g/mol. The highest BCUT2D eigenvalue weighted by Gasteiger charge is 2.09. The first-order valence-corrected chi connectivity index (χ1v) is 6.98. The quantitative estimate of drug-likeness (QED) is 0.853. The van der Waals surface area contributed by atoms with Crippen molar-refractivity contribution in [1.29, 1.82) is 0 Å². The molecule has 0 saturated carbocycles. The molecule has 0 aliphatic heterocycles. The van der Waals surface area contributed by atoms with Crippen LogP contribution in [0.25, 0.3) is 0 Å². The van der Waals surface area contributed by atoms with Crippen molar-refractivity contribution < 1.29 is 0 Å². The highest BCUT2D eigenvalue weighted by Crippen LogP contribution is 2.20. The Hall–Kier alpha value is -1.67. The fourth-order valence-electron chi connectivity index (χ4n) is 2.37. The minimum absolute atomic E-state index is 0.416. The second kappa shape index (κ2) is 7.05. The van der Waals surface area contributed by atoms with E-state index in [-0.39, 0.29) is 0 Å². The molecule has 0 saturated heterocycles. The van der Waals surface area contributed by atoms with Crippen LogP contribution in [0.1, 0.15) is 36.1 Å². The van der Waals surface area contributed by atoms with Gasteiger partial charge in [-0.05, 0) is 55.1 Å². The second-order valence-electron chi connectivity index (χ2n) is 4.83. The number of benzene rings is 1. The lowest BCUT2D eigenvalue weighted by molar-refractivity contribution is 0.548. The van der Waals surface area contributed by atoms with Crippen LogP contribution in [-0.2, 0) is 12.8 Å². The molecule has 2 heteroatoms. The third-order valence-electron chi connectivity index (χ3n) is 3.58. The molecule has 1 heterocycles. The van der Waals surface area contributed by atoms with Crippen molar-refractivity contribution >= 4 is 0 Å². The van der Waals surface area contributed by atoms with Crippen LogP contribution >= 0.6 is 0 Å². The van der Waals surface area contributed by atoms with Crippen molar-refractivity contribution in [2.45, 2.75) is 32.2 Å².